The highest BCUT2D eigenvalue weighted by molar-refractivity contribution is 7.99. The molecule has 3 rings (SSSR count). The van der Waals surface area contributed by atoms with Crippen LogP contribution in [0.25, 0.3) is 11.4 Å². The standard InChI is InChI=1S/C18H16N4O2S/c1-2-11-22-17(14-7-9-19-10-8-14)20-21-18(22)25-12-16(24)13-3-5-15(23)6-4-13/h2-10,23H,1,11-12H2. The lowest BCUT2D eigenvalue weighted by molar-refractivity contribution is 0.102. The highest BCUT2D eigenvalue weighted by Gasteiger charge is 2.15. The van der Waals surface area contributed by atoms with Crippen LogP contribution in [0, 0.1) is 0 Å². The fourth-order valence-corrected chi connectivity index (χ4v) is 3.11. The van der Waals surface area contributed by atoms with Crippen molar-refractivity contribution in [2.75, 3.05) is 5.75 Å². The Kier molecular flexibility index (Phi) is 5.25. The molecule has 0 aliphatic carbocycles. The van der Waals surface area contributed by atoms with Gasteiger partial charge in [-0.1, -0.05) is 17.8 Å². The minimum Gasteiger partial charge on any atom is -0.508 e. The summed E-state index contributed by atoms with van der Waals surface area (Å²) in [5.74, 6) is 1.04. The van der Waals surface area contributed by atoms with Gasteiger partial charge in [0.15, 0.2) is 16.8 Å². The number of phenolic OH excluding ortho intramolecular Hbond substituents is 1. The molecule has 0 amide bonds. The van der Waals surface area contributed by atoms with Gasteiger partial charge in [0.25, 0.3) is 0 Å². The van der Waals surface area contributed by atoms with Gasteiger partial charge < -0.3 is 5.11 Å². The lowest BCUT2D eigenvalue weighted by atomic mass is 10.1. The van der Waals surface area contributed by atoms with E-state index < -0.39 is 0 Å². The summed E-state index contributed by atoms with van der Waals surface area (Å²) in [6, 6.07) is 9.93. The summed E-state index contributed by atoms with van der Waals surface area (Å²) in [6.07, 6.45) is 5.16. The van der Waals surface area contributed by atoms with E-state index in [4.69, 9.17) is 0 Å². The van der Waals surface area contributed by atoms with E-state index >= 15 is 0 Å². The van der Waals surface area contributed by atoms with Crippen molar-refractivity contribution in [2.45, 2.75) is 11.7 Å². The van der Waals surface area contributed by atoms with Crippen molar-refractivity contribution in [2.24, 2.45) is 0 Å². The van der Waals surface area contributed by atoms with Crippen molar-refractivity contribution < 1.29 is 9.90 Å². The first-order valence-corrected chi connectivity index (χ1v) is 8.57. The second-order valence-corrected chi connectivity index (χ2v) is 6.14. The van der Waals surface area contributed by atoms with Gasteiger partial charge in [-0.3, -0.25) is 14.3 Å². The SMILES string of the molecule is C=CCn1c(SCC(=O)c2ccc(O)cc2)nnc1-c1ccncc1. The Bertz CT molecular complexity index is 876. The predicted octanol–water partition coefficient (Wildman–Crippen LogP) is 3.21. The fraction of sp³-hybridized carbons (Fsp3) is 0.111. The number of hydrogen-bond donors (Lipinski definition) is 1. The Morgan fingerprint density at radius 1 is 1.16 bits per heavy atom. The zero-order valence-corrected chi connectivity index (χ0v) is 14.2. The van der Waals surface area contributed by atoms with Gasteiger partial charge in [0.05, 0.1) is 5.75 Å². The van der Waals surface area contributed by atoms with Crippen LogP contribution in [0.1, 0.15) is 10.4 Å². The Balaban J connectivity index is 1.78. The third-order valence-electron chi connectivity index (χ3n) is 3.49. The van der Waals surface area contributed by atoms with Crippen LogP contribution in [-0.2, 0) is 6.54 Å². The van der Waals surface area contributed by atoms with E-state index in [1.807, 2.05) is 16.7 Å². The molecular formula is C18H16N4O2S. The maximum absolute atomic E-state index is 12.3. The van der Waals surface area contributed by atoms with Crippen LogP contribution in [0.5, 0.6) is 5.75 Å². The highest BCUT2D eigenvalue weighted by atomic mass is 32.2. The molecule has 1 aromatic carbocycles. The molecule has 3 aromatic rings. The zero-order chi connectivity index (χ0) is 17.6. The van der Waals surface area contributed by atoms with E-state index in [0.29, 0.717) is 23.1 Å². The molecule has 0 spiro atoms. The van der Waals surface area contributed by atoms with Crippen molar-refractivity contribution in [1.82, 2.24) is 19.7 Å². The summed E-state index contributed by atoms with van der Waals surface area (Å²) in [6.45, 7) is 4.32. The van der Waals surface area contributed by atoms with Crippen LogP contribution in [-0.4, -0.2) is 36.4 Å². The second kappa shape index (κ2) is 7.76. The van der Waals surface area contributed by atoms with Crippen molar-refractivity contribution in [3.05, 3.63) is 67.0 Å². The Morgan fingerprint density at radius 3 is 2.56 bits per heavy atom. The maximum Gasteiger partial charge on any atom is 0.192 e. The molecule has 0 saturated carbocycles. The number of nitrogens with zero attached hydrogens (tertiary/aromatic N) is 4. The Labute approximate surface area is 149 Å². The number of aromatic hydroxyl groups is 1. The number of hydrogen-bond acceptors (Lipinski definition) is 6. The number of pyridine rings is 1. The van der Waals surface area contributed by atoms with E-state index in [1.165, 1.54) is 23.9 Å². The first-order valence-electron chi connectivity index (χ1n) is 7.58. The van der Waals surface area contributed by atoms with Gasteiger partial charge in [0, 0.05) is 30.1 Å². The number of ketones is 1. The minimum absolute atomic E-state index is 0.0383. The van der Waals surface area contributed by atoms with Crippen molar-refractivity contribution in [1.29, 1.82) is 0 Å². The van der Waals surface area contributed by atoms with Crippen LogP contribution in [0.4, 0.5) is 0 Å². The molecule has 25 heavy (non-hydrogen) atoms. The number of allylic oxidation sites excluding steroid dienone is 1. The van der Waals surface area contributed by atoms with Crippen molar-refractivity contribution >= 4 is 17.5 Å². The summed E-state index contributed by atoms with van der Waals surface area (Å²) in [5, 5.41) is 18.4. The van der Waals surface area contributed by atoms with E-state index in [0.717, 1.165) is 5.56 Å². The number of rotatable bonds is 7. The lowest BCUT2D eigenvalue weighted by Crippen LogP contribution is -2.05. The normalized spacial score (nSPS) is 10.6. The highest BCUT2D eigenvalue weighted by Crippen LogP contribution is 2.24. The van der Waals surface area contributed by atoms with Crippen LogP contribution >= 0.6 is 11.8 Å². The Morgan fingerprint density at radius 2 is 1.88 bits per heavy atom. The lowest BCUT2D eigenvalue weighted by Gasteiger charge is -2.07. The third kappa shape index (κ3) is 3.95. The van der Waals surface area contributed by atoms with E-state index in [1.54, 1.807) is 30.6 Å². The molecule has 0 saturated heterocycles. The molecular weight excluding hydrogens is 336 g/mol. The molecule has 0 atom stereocenters. The summed E-state index contributed by atoms with van der Waals surface area (Å²) in [4.78, 5) is 16.3. The number of thioether (sulfide) groups is 1. The van der Waals surface area contributed by atoms with Gasteiger partial charge in [0.2, 0.25) is 0 Å². The van der Waals surface area contributed by atoms with Crippen LogP contribution in [0.15, 0.2) is 66.6 Å². The summed E-state index contributed by atoms with van der Waals surface area (Å²) < 4.78 is 1.91. The summed E-state index contributed by atoms with van der Waals surface area (Å²) in [7, 11) is 0. The molecule has 0 aliphatic heterocycles. The molecule has 0 unspecified atom stereocenters. The third-order valence-corrected chi connectivity index (χ3v) is 4.46. The fourth-order valence-electron chi connectivity index (χ4n) is 2.26. The Hall–Kier alpha value is -2.93. The maximum atomic E-state index is 12.3. The molecule has 6 nitrogen and oxygen atoms in total. The number of phenols is 1. The zero-order valence-electron chi connectivity index (χ0n) is 13.4. The number of benzene rings is 1. The van der Waals surface area contributed by atoms with Crippen LogP contribution in [0.2, 0.25) is 0 Å². The molecule has 0 bridgehead atoms. The molecule has 126 valence electrons. The number of aromatic nitrogens is 4. The molecule has 1 N–H and O–H groups in total. The number of carbonyl (C=O) groups excluding carboxylic acids is 1. The smallest absolute Gasteiger partial charge is 0.192 e. The summed E-state index contributed by atoms with van der Waals surface area (Å²) >= 11 is 1.32. The molecule has 2 heterocycles. The molecule has 0 aliphatic rings. The average molecular weight is 352 g/mol. The first-order chi connectivity index (χ1) is 12.2. The van der Waals surface area contributed by atoms with Gasteiger partial charge in [-0.15, -0.1) is 16.8 Å². The van der Waals surface area contributed by atoms with Gasteiger partial charge in [-0.25, -0.2) is 0 Å². The van der Waals surface area contributed by atoms with Crippen molar-refractivity contribution in [3.63, 3.8) is 0 Å². The van der Waals surface area contributed by atoms with E-state index in [9.17, 15) is 9.90 Å². The monoisotopic (exact) mass is 352 g/mol. The average Bonchev–Trinajstić information content (AvgIpc) is 3.04. The van der Waals surface area contributed by atoms with E-state index in [2.05, 4.69) is 21.8 Å². The van der Waals surface area contributed by atoms with E-state index in [-0.39, 0.29) is 17.3 Å². The molecule has 7 heteroatoms. The van der Waals surface area contributed by atoms with Gasteiger partial charge >= 0.3 is 0 Å². The van der Waals surface area contributed by atoms with Crippen LogP contribution in [0.3, 0.4) is 0 Å². The summed E-state index contributed by atoms with van der Waals surface area (Å²) in [5.41, 5.74) is 1.45. The van der Waals surface area contributed by atoms with Gasteiger partial charge in [-0.2, -0.15) is 0 Å². The number of Topliss-reactive ketones (excluding diaryl/α,β-unsaturated/α-hetero) is 1. The predicted molar refractivity (Wildman–Crippen MR) is 96.6 cm³/mol. The molecule has 0 fully saturated rings. The largest absolute Gasteiger partial charge is 0.508 e. The number of carbonyl (C=O) groups is 1. The second-order valence-electron chi connectivity index (χ2n) is 5.20. The quantitative estimate of drug-likeness (QED) is 0.399. The minimum atomic E-state index is -0.0383. The molecule has 2 aromatic heterocycles. The van der Waals surface area contributed by atoms with Gasteiger partial charge in [0.1, 0.15) is 5.75 Å². The van der Waals surface area contributed by atoms with Crippen molar-refractivity contribution in [3.8, 4) is 17.1 Å². The first kappa shape index (κ1) is 16.9. The van der Waals surface area contributed by atoms with Gasteiger partial charge in [-0.05, 0) is 36.4 Å². The molecule has 0 radical (unpaired) electrons. The van der Waals surface area contributed by atoms with Crippen LogP contribution < -0.4 is 0 Å². The topological polar surface area (TPSA) is 80.9 Å².